The standard InChI is InChI=1S/C22H29ClN4O2/c1-15-20(16(2)27(26-15)19-10-8-18(23)9-11-19)14-21(28)24-12-13-25-22(29)17-6-4-3-5-7-17/h8-11,17H,3-7,12-14H2,1-2H3,(H,24,28)(H,25,29). The predicted octanol–water partition coefficient (Wildman–Crippen LogP) is 3.50. The fourth-order valence-electron chi connectivity index (χ4n) is 3.88. The number of rotatable bonds is 7. The van der Waals surface area contributed by atoms with Crippen LogP contribution in [-0.4, -0.2) is 34.7 Å². The summed E-state index contributed by atoms with van der Waals surface area (Å²) < 4.78 is 1.83. The maximum absolute atomic E-state index is 12.4. The van der Waals surface area contributed by atoms with Gasteiger partial charge in [0.2, 0.25) is 11.8 Å². The van der Waals surface area contributed by atoms with E-state index in [0.717, 1.165) is 48.3 Å². The van der Waals surface area contributed by atoms with Crippen molar-refractivity contribution in [1.29, 1.82) is 0 Å². The first-order chi connectivity index (χ1) is 14.0. The zero-order valence-corrected chi connectivity index (χ0v) is 17.9. The second kappa shape index (κ2) is 9.92. The Morgan fingerprint density at radius 1 is 1.07 bits per heavy atom. The van der Waals surface area contributed by atoms with Crippen LogP contribution >= 0.6 is 11.6 Å². The Bertz CT molecular complexity index is 854. The fraction of sp³-hybridized carbons (Fsp3) is 0.500. The molecule has 0 spiro atoms. The molecule has 3 rings (SSSR count). The Morgan fingerprint density at radius 3 is 2.41 bits per heavy atom. The first kappa shape index (κ1) is 21.4. The molecule has 1 aromatic heterocycles. The van der Waals surface area contributed by atoms with E-state index >= 15 is 0 Å². The summed E-state index contributed by atoms with van der Waals surface area (Å²) in [6, 6.07) is 7.45. The number of carbonyl (C=O) groups is 2. The largest absolute Gasteiger partial charge is 0.354 e. The topological polar surface area (TPSA) is 76.0 Å². The van der Waals surface area contributed by atoms with Crippen molar-refractivity contribution < 1.29 is 9.59 Å². The summed E-state index contributed by atoms with van der Waals surface area (Å²) in [6.07, 6.45) is 5.73. The Morgan fingerprint density at radius 2 is 1.72 bits per heavy atom. The molecule has 1 heterocycles. The average molecular weight is 417 g/mol. The van der Waals surface area contributed by atoms with Crippen LogP contribution in [0, 0.1) is 19.8 Å². The van der Waals surface area contributed by atoms with E-state index in [1.807, 2.05) is 42.8 Å². The molecule has 2 N–H and O–H groups in total. The van der Waals surface area contributed by atoms with Gasteiger partial charge in [-0.2, -0.15) is 5.10 Å². The highest BCUT2D eigenvalue weighted by Gasteiger charge is 2.20. The highest BCUT2D eigenvalue weighted by atomic mass is 35.5. The minimum atomic E-state index is -0.0706. The number of halogens is 1. The fourth-order valence-corrected chi connectivity index (χ4v) is 4.01. The smallest absolute Gasteiger partial charge is 0.224 e. The van der Waals surface area contributed by atoms with Crippen molar-refractivity contribution in [2.45, 2.75) is 52.4 Å². The molecule has 1 aliphatic carbocycles. The van der Waals surface area contributed by atoms with Crippen LogP contribution in [0.1, 0.15) is 49.1 Å². The van der Waals surface area contributed by atoms with Gasteiger partial charge in [0.05, 0.1) is 17.8 Å². The molecule has 0 radical (unpaired) electrons. The lowest BCUT2D eigenvalue weighted by molar-refractivity contribution is -0.126. The predicted molar refractivity (Wildman–Crippen MR) is 114 cm³/mol. The van der Waals surface area contributed by atoms with Gasteiger partial charge in [-0.3, -0.25) is 9.59 Å². The van der Waals surface area contributed by atoms with E-state index in [2.05, 4.69) is 15.7 Å². The van der Waals surface area contributed by atoms with E-state index in [4.69, 9.17) is 11.6 Å². The lowest BCUT2D eigenvalue weighted by Gasteiger charge is -2.20. The number of aryl methyl sites for hydroxylation is 1. The summed E-state index contributed by atoms with van der Waals surface area (Å²) in [6.45, 7) is 4.76. The maximum atomic E-state index is 12.4. The van der Waals surface area contributed by atoms with Gasteiger partial charge in [0.25, 0.3) is 0 Å². The van der Waals surface area contributed by atoms with Gasteiger partial charge in [-0.05, 0) is 51.0 Å². The van der Waals surface area contributed by atoms with Crippen LogP contribution in [0.4, 0.5) is 0 Å². The van der Waals surface area contributed by atoms with Gasteiger partial charge in [0, 0.05) is 35.3 Å². The highest BCUT2D eigenvalue weighted by Crippen LogP contribution is 2.23. The second-order valence-corrected chi connectivity index (χ2v) is 8.13. The number of hydrogen-bond acceptors (Lipinski definition) is 3. The maximum Gasteiger partial charge on any atom is 0.224 e. The lowest BCUT2D eigenvalue weighted by atomic mass is 9.89. The molecule has 2 amide bonds. The molecule has 6 nitrogen and oxygen atoms in total. The van der Waals surface area contributed by atoms with Crippen molar-refractivity contribution in [2.75, 3.05) is 13.1 Å². The van der Waals surface area contributed by atoms with Gasteiger partial charge < -0.3 is 10.6 Å². The normalized spacial score (nSPS) is 14.6. The summed E-state index contributed by atoms with van der Waals surface area (Å²) >= 11 is 5.96. The van der Waals surface area contributed by atoms with E-state index in [1.165, 1.54) is 6.42 Å². The summed E-state index contributed by atoms with van der Waals surface area (Å²) in [5.41, 5.74) is 3.60. The van der Waals surface area contributed by atoms with Crippen LogP contribution in [-0.2, 0) is 16.0 Å². The molecule has 29 heavy (non-hydrogen) atoms. The summed E-state index contributed by atoms with van der Waals surface area (Å²) in [7, 11) is 0. The van der Waals surface area contributed by atoms with Crippen LogP contribution in [0.5, 0.6) is 0 Å². The molecule has 1 aliphatic rings. The zero-order valence-electron chi connectivity index (χ0n) is 17.1. The molecule has 0 bridgehead atoms. The van der Waals surface area contributed by atoms with Gasteiger partial charge in [0.1, 0.15) is 0 Å². The molecule has 7 heteroatoms. The minimum Gasteiger partial charge on any atom is -0.354 e. The minimum absolute atomic E-state index is 0.0706. The van der Waals surface area contributed by atoms with E-state index in [-0.39, 0.29) is 24.2 Å². The molecule has 1 aromatic carbocycles. The van der Waals surface area contributed by atoms with Crippen LogP contribution in [0.25, 0.3) is 5.69 Å². The van der Waals surface area contributed by atoms with E-state index in [0.29, 0.717) is 18.1 Å². The summed E-state index contributed by atoms with van der Waals surface area (Å²) in [5.74, 6) is 0.192. The van der Waals surface area contributed by atoms with Crippen molar-refractivity contribution in [3.8, 4) is 5.69 Å². The number of nitrogens with zero attached hydrogens (tertiary/aromatic N) is 2. The highest BCUT2D eigenvalue weighted by molar-refractivity contribution is 6.30. The monoisotopic (exact) mass is 416 g/mol. The summed E-state index contributed by atoms with van der Waals surface area (Å²) in [5, 5.41) is 11.1. The number of carbonyl (C=O) groups excluding carboxylic acids is 2. The molecule has 156 valence electrons. The first-order valence-electron chi connectivity index (χ1n) is 10.3. The lowest BCUT2D eigenvalue weighted by Crippen LogP contribution is -2.38. The molecular formula is C22H29ClN4O2. The molecular weight excluding hydrogens is 388 g/mol. The van der Waals surface area contributed by atoms with E-state index < -0.39 is 0 Å². The Kier molecular flexibility index (Phi) is 7.31. The van der Waals surface area contributed by atoms with Gasteiger partial charge in [0.15, 0.2) is 0 Å². The van der Waals surface area contributed by atoms with Gasteiger partial charge in [-0.15, -0.1) is 0 Å². The third kappa shape index (κ3) is 5.60. The van der Waals surface area contributed by atoms with Crippen LogP contribution in [0.2, 0.25) is 5.02 Å². The van der Waals surface area contributed by atoms with Crippen molar-refractivity contribution in [1.82, 2.24) is 20.4 Å². The quantitative estimate of drug-likeness (QED) is 0.678. The summed E-state index contributed by atoms with van der Waals surface area (Å²) in [4.78, 5) is 24.5. The average Bonchev–Trinajstić information content (AvgIpc) is 3.00. The van der Waals surface area contributed by atoms with Crippen molar-refractivity contribution in [2.24, 2.45) is 5.92 Å². The Hall–Kier alpha value is -2.34. The molecule has 0 atom stereocenters. The van der Waals surface area contributed by atoms with Gasteiger partial charge in [-0.25, -0.2) is 4.68 Å². The number of aromatic nitrogens is 2. The van der Waals surface area contributed by atoms with Crippen LogP contribution in [0.15, 0.2) is 24.3 Å². The Balaban J connectivity index is 1.49. The van der Waals surface area contributed by atoms with Gasteiger partial charge in [-0.1, -0.05) is 30.9 Å². The van der Waals surface area contributed by atoms with Crippen molar-refractivity contribution >= 4 is 23.4 Å². The van der Waals surface area contributed by atoms with Crippen molar-refractivity contribution in [3.63, 3.8) is 0 Å². The third-order valence-corrected chi connectivity index (χ3v) is 5.82. The second-order valence-electron chi connectivity index (χ2n) is 7.69. The first-order valence-corrected chi connectivity index (χ1v) is 10.7. The molecule has 2 aromatic rings. The van der Waals surface area contributed by atoms with Crippen LogP contribution < -0.4 is 10.6 Å². The number of benzene rings is 1. The van der Waals surface area contributed by atoms with E-state index in [9.17, 15) is 9.59 Å². The third-order valence-electron chi connectivity index (χ3n) is 5.57. The van der Waals surface area contributed by atoms with Crippen LogP contribution in [0.3, 0.4) is 0 Å². The molecule has 0 unspecified atom stereocenters. The Labute approximate surface area is 177 Å². The number of nitrogens with one attached hydrogen (secondary N) is 2. The van der Waals surface area contributed by atoms with Crippen molar-refractivity contribution in [3.05, 3.63) is 46.2 Å². The molecule has 0 aliphatic heterocycles. The number of amides is 2. The molecule has 0 saturated heterocycles. The molecule has 1 fully saturated rings. The zero-order chi connectivity index (χ0) is 20.8. The number of hydrogen-bond donors (Lipinski definition) is 2. The SMILES string of the molecule is Cc1nn(-c2ccc(Cl)cc2)c(C)c1CC(=O)NCCNC(=O)C1CCCCC1. The van der Waals surface area contributed by atoms with E-state index in [1.54, 1.807) is 0 Å². The van der Waals surface area contributed by atoms with Gasteiger partial charge >= 0.3 is 0 Å². The molecule has 1 saturated carbocycles.